The SMILES string of the molecule is CCC(C)C(NC(=O)C(CS)NC(=O)C(N)CO)C(=O)NC(CCCN=C(N)N)C(=O)N1CCCC1C(=O)NC(CCCN=C(N)N)C(=O)N1CCCC1C(=O)O. The Morgan fingerprint density at radius 3 is 1.72 bits per heavy atom. The van der Waals surface area contributed by atoms with Crippen LogP contribution in [0.1, 0.15) is 71.6 Å². The van der Waals surface area contributed by atoms with Crippen LogP contribution in [0.15, 0.2) is 9.98 Å². The number of amides is 6. The van der Waals surface area contributed by atoms with E-state index in [0.29, 0.717) is 19.3 Å². The number of hydrogen-bond acceptors (Lipinski definition) is 12. The molecule has 2 fully saturated rings. The minimum Gasteiger partial charge on any atom is -0.480 e. The number of carbonyl (C=O) groups excluding carboxylic acids is 6. The lowest BCUT2D eigenvalue weighted by Gasteiger charge is -2.32. The van der Waals surface area contributed by atoms with Crippen LogP contribution in [0.4, 0.5) is 0 Å². The summed E-state index contributed by atoms with van der Waals surface area (Å²) in [5.74, 6) is -6.15. The van der Waals surface area contributed by atoms with Crippen molar-refractivity contribution in [1.82, 2.24) is 31.1 Å². The van der Waals surface area contributed by atoms with Gasteiger partial charge < -0.3 is 69.9 Å². The molecular formula is C34H61N13O9S. The Kier molecular flexibility index (Phi) is 20.3. The third-order valence-corrected chi connectivity index (χ3v) is 10.3. The second-order valence-electron chi connectivity index (χ2n) is 14.1. The van der Waals surface area contributed by atoms with Gasteiger partial charge in [-0.1, -0.05) is 20.3 Å². The number of nitrogens with one attached hydrogen (secondary N) is 4. The van der Waals surface area contributed by atoms with E-state index < -0.39 is 96.2 Å². The van der Waals surface area contributed by atoms with E-state index in [-0.39, 0.29) is 82.4 Å². The van der Waals surface area contributed by atoms with Crippen molar-refractivity contribution >= 4 is 66.0 Å². The fraction of sp³-hybridized carbons (Fsp3) is 0.735. The van der Waals surface area contributed by atoms with Crippen LogP contribution >= 0.6 is 12.6 Å². The van der Waals surface area contributed by atoms with Crippen LogP contribution in [-0.2, 0) is 33.6 Å². The molecule has 57 heavy (non-hydrogen) atoms. The number of guanidine groups is 2. The highest BCUT2D eigenvalue weighted by molar-refractivity contribution is 7.80. The molecular weight excluding hydrogens is 767 g/mol. The number of hydrogen-bond donors (Lipinski definition) is 12. The Morgan fingerprint density at radius 1 is 0.754 bits per heavy atom. The summed E-state index contributed by atoms with van der Waals surface area (Å²) in [7, 11) is 0. The maximum absolute atomic E-state index is 14.3. The minimum atomic E-state index is -1.28. The summed E-state index contributed by atoms with van der Waals surface area (Å²) in [6, 6.07) is -8.09. The van der Waals surface area contributed by atoms with Crippen molar-refractivity contribution in [2.45, 2.75) is 114 Å². The van der Waals surface area contributed by atoms with E-state index in [1.54, 1.807) is 13.8 Å². The molecule has 0 bridgehead atoms. The number of aliphatic hydroxyl groups is 1. The topological polar surface area (TPSA) is 369 Å². The van der Waals surface area contributed by atoms with Crippen LogP contribution in [0.5, 0.6) is 0 Å². The Hall–Kier alpha value is -4.90. The Morgan fingerprint density at radius 2 is 1.25 bits per heavy atom. The van der Waals surface area contributed by atoms with Gasteiger partial charge in [0.1, 0.15) is 42.3 Å². The van der Waals surface area contributed by atoms with Gasteiger partial charge in [0, 0.05) is 31.9 Å². The van der Waals surface area contributed by atoms with Crippen LogP contribution in [0.2, 0.25) is 0 Å². The second kappa shape index (κ2) is 24.0. The maximum Gasteiger partial charge on any atom is 0.326 e. The van der Waals surface area contributed by atoms with E-state index >= 15 is 0 Å². The average molecular weight is 828 g/mol. The first-order chi connectivity index (χ1) is 27.0. The molecule has 8 unspecified atom stereocenters. The van der Waals surface area contributed by atoms with Crippen LogP contribution in [0.3, 0.4) is 0 Å². The summed E-state index contributed by atoms with van der Waals surface area (Å²) in [6.45, 7) is 3.48. The molecule has 2 heterocycles. The van der Waals surface area contributed by atoms with Gasteiger partial charge in [-0.2, -0.15) is 12.6 Å². The van der Waals surface area contributed by atoms with Gasteiger partial charge in [0.25, 0.3) is 0 Å². The second-order valence-corrected chi connectivity index (χ2v) is 14.5. The molecule has 2 rings (SSSR count). The van der Waals surface area contributed by atoms with Gasteiger partial charge in [0.2, 0.25) is 35.4 Å². The smallest absolute Gasteiger partial charge is 0.326 e. The van der Waals surface area contributed by atoms with Gasteiger partial charge in [-0.05, 0) is 57.3 Å². The Balaban J connectivity index is 2.35. The summed E-state index contributed by atoms with van der Waals surface area (Å²) in [5, 5.41) is 29.4. The number of aliphatic hydroxyl groups excluding tert-OH is 1. The Bertz CT molecular complexity index is 1480. The molecule has 322 valence electrons. The third kappa shape index (κ3) is 14.8. The molecule has 8 atom stereocenters. The molecule has 16 N–H and O–H groups in total. The molecule has 2 aliphatic rings. The van der Waals surface area contributed by atoms with Crippen LogP contribution in [0.25, 0.3) is 0 Å². The fourth-order valence-corrected chi connectivity index (χ4v) is 6.81. The number of carboxylic acid groups (broad SMARTS) is 1. The molecule has 6 amide bonds. The van der Waals surface area contributed by atoms with Gasteiger partial charge >= 0.3 is 5.97 Å². The number of likely N-dealkylation sites (tertiary alicyclic amines) is 2. The largest absolute Gasteiger partial charge is 0.480 e. The highest BCUT2D eigenvalue weighted by Gasteiger charge is 2.42. The first-order valence-corrected chi connectivity index (χ1v) is 19.7. The van der Waals surface area contributed by atoms with E-state index in [1.807, 2.05) is 0 Å². The van der Waals surface area contributed by atoms with E-state index in [2.05, 4.69) is 43.9 Å². The molecule has 22 nitrogen and oxygen atoms in total. The number of nitrogens with zero attached hydrogens (tertiary/aromatic N) is 4. The zero-order chi connectivity index (χ0) is 42.8. The molecule has 0 aromatic heterocycles. The lowest BCUT2D eigenvalue weighted by Crippen LogP contribution is -2.61. The molecule has 2 saturated heterocycles. The van der Waals surface area contributed by atoms with E-state index in [9.17, 15) is 43.8 Å². The monoisotopic (exact) mass is 827 g/mol. The molecule has 0 aromatic carbocycles. The van der Waals surface area contributed by atoms with Gasteiger partial charge in [-0.25, -0.2) is 4.79 Å². The van der Waals surface area contributed by atoms with E-state index in [0.717, 1.165) is 0 Å². The van der Waals surface area contributed by atoms with Gasteiger partial charge in [0.05, 0.1) is 6.61 Å². The first-order valence-electron chi connectivity index (χ1n) is 19.1. The molecule has 0 aromatic rings. The lowest BCUT2D eigenvalue weighted by atomic mass is 9.97. The molecule has 0 spiro atoms. The number of rotatable bonds is 23. The predicted molar refractivity (Wildman–Crippen MR) is 213 cm³/mol. The van der Waals surface area contributed by atoms with Crippen molar-refractivity contribution < 1.29 is 43.8 Å². The van der Waals surface area contributed by atoms with Crippen molar-refractivity contribution in [3.05, 3.63) is 0 Å². The van der Waals surface area contributed by atoms with Crippen LogP contribution < -0.4 is 49.9 Å². The average Bonchev–Trinajstić information content (AvgIpc) is 3.88. The molecule has 0 radical (unpaired) electrons. The quantitative estimate of drug-likeness (QED) is 0.0200. The number of aliphatic imine (C=N–C) groups is 2. The maximum atomic E-state index is 14.3. The third-order valence-electron chi connectivity index (χ3n) is 9.92. The molecule has 2 aliphatic heterocycles. The van der Waals surface area contributed by atoms with Crippen molar-refractivity contribution in [2.75, 3.05) is 38.5 Å². The summed E-state index contributed by atoms with van der Waals surface area (Å²) in [6.07, 6.45) is 2.49. The number of carboxylic acids is 1. The number of thiol groups is 1. The summed E-state index contributed by atoms with van der Waals surface area (Å²) >= 11 is 4.14. The molecule has 0 saturated carbocycles. The van der Waals surface area contributed by atoms with E-state index in [1.165, 1.54) is 9.80 Å². The molecule has 23 heteroatoms. The number of carbonyl (C=O) groups is 7. The van der Waals surface area contributed by atoms with Gasteiger partial charge in [0.15, 0.2) is 11.9 Å². The predicted octanol–water partition coefficient (Wildman–Crippen LogP) is -4.61. The van der Waals surface area contributed by atoms with Gasteiger partial charge in [-0.15, -0.1) is 0 Å². The first kappa shape index (κ1) is 48.2. The van der Waals surface area contributed by atoms with Crippen molar-refractivity contribution in [3.63, 3.8) is 0 Å². The van der Waals surface area contributed by atoms with Crippen molar-refractivity contribution in [1.29, 1.82) is 0 Å². The zero-order valence-electron chi connectivity index (χ0n) is 32.6. The normalized spacial score (nSPS) is 19.5. The summed E-state index contributed by atoms with van der Waals surface area (Å²) in [5.41, 5.74) is 27.4. The van der Waals surface area contributed by atoms with E-state index in [4.69, 9.17) is 28.7 Å². The number of nitrogens with two attached hydrogens (primary N) is 5. The summed E-state index contributed by atoms with van der Waals surface area (Å²) in [4.78, 5) is 104. The van der Waals surface area contributed by atoms with Crippen LogP contribution in [0, 0.1) is 5.92 Å². The minimum absolute atomic E-state index is 0.0408. The van der Waals surface area contributed by atoms with Crippen molar-refractivity contribution in [3.8, 4) is 0 Å². The molecule has 0 aliphatic carbocycles. The number of aliphatic carboxylic acids is 1. The standard InChI is InChI=1S/C34H61N13O9S/c1-3-18(2)25(45-27(50)22(17-57)44-26(49)19(35)16-48)29(52)43-21(9-5-13-41-34(38)39)30(53)46-14-6-10-23(46)28(51)42-20(8-4-12-40-33(36)37)31(54)47-15-7-11-24(47)32(55)56/h18-25,48,57H,3-17,35H2,1-2H3,(H,42,51)(H,43,52)(H,44,49)(H,45,50)(H,55,56)(H4,36,37,40)(H4,38,39,41). The Labute approximate surface area is 337 Å². The fourth-order valence-electron chi connectivity index (χ4n) is 6.55. The van der Waals surface area contributed by atoms with Crippen molar-refractivity contribution in [2.24, 2.45) is 44.6 Å². The van der Waals surface area contributed by atoms with Gasteiger partial charge in [-0.3, -0.25) is 38.8 Å². The summed E-state index contributed by atoms with van der Waals surface area (Å²) < 4.78 is 0. The highest BCUT2D eigenvalue weighted by Crippen LogP contribution is 2.23. The van der Waals surface area contributed by atoms with Crippen LogP contribution in [-0.4, -0.2) is 154 Å². The highest BCUT2D eigenvalue weighted by atomic mass is 32.1. The zero-order valence-corrected chi connectivity index (χ0v) is 33.5. The lowest BCUT2D eigenvalue weighted by molar-refractivity contribution is -0.150.